The normalized spacial score (nSPS) is 23.9. The Bertz CT molecular complexity index is 328. The van der Waals surface area contributed by atoms with Crippen LogP contribution in [0.15, 0.2) is 0 Å². The number of hydrogen-bond donors (Lipinski definition) is 2. The third-order valence-electron chi connectivity index (χ3n) is 4.24. The van der Waals surface area contributed by atoms with E-state index in [0.29, 0.717) is 24.5 Å². The number of amides is 1. The van der Waals surface area contributed by atoms with Crippen molar-refractivity contribution in [2.45, 2.75) is 79.0 Å². The first-order valence-electron chi connectivity index (χ1n) is 8.31. The van der Waals surface area contributed by atoms with Gasteiger partial charge in [-0.1, -0.05) is 27.7 Å². The van der Waals surface area contributed by atoms with Gasteiger partial charge in [0.1, 0.15) is 5.60 Å². The van der Waals surface area contributed by atoms with Crippen LogP contribution < -0.4 is 10.6 Å². The van der Waals surface area contributed by atoms with Gasteiger partial charge in [0.15, 0.2) is 0 Å². The Kier molecular flexibility index (Phi) is 6.51. The van der Waals surface area contributed by atoms with E-state index in [0.717, 1.165) is 11.8 Å². The van der Waals surface area contributed by atoms with Crippen molar-refractivity contribution in [3.05, 3.63) is 0 Å². The minimum absolute atomic E-state index is 0.302. The third-order valence-corrected chi connectivity index (χ3v) is 4.24. The second-order valence-electron chi connectivity index (χ2n) is 8.07. The van der Waals surface area contributed by atoms with Crippen LogP contribution in [0.2, 0.25) is 0 Å². The standard InChI is InChI=1S/C17H34N2O2/c1-11(2)13-8-14(9-13)19-15(12(3)4)10-18-16(20)21-17(5,6)7/h11-15,19H,8-10H2,1-7H3,(H,18,20). The Morgan fingerprint density at radius 2 is 1.76 bits per heavy atom. The number of carbonyl (C=O) groups is 1. The average molecular weight is 298 g/mol. The van der Waals surface area contributed by atoms with Crippen LogP contribution in [0.25, 0.3) is 0 Å². The average Bonchev–Trinajstić information content (AvgIpc) is 2.22. The van der Waals surface area contributed by atoms with Crippen molar-refractivity contribution in [2.75, 3.05) is 6.54 Å². The monoisotopic (exact) mass is 298 g/mol. The molecule has 1 aliphatic carbocycles. The van der Waals surface area contributed by atoms with Gasteiger partial charge in [-0.2, -0.15) is 0 Å². The molecule has 1 fully saturated rings. The minimum atomic E-state index is -0.441. The maximum absolute atomic E-state index is 11.7. The van der Waals surface area contributed by atoms with Crippen molar-refractivity contribution in [3.63, 3.8) is 0 Å². The first-order chi connectivity index (χ1) is 9.58. The fourth-order valence-electron chi connectivity index (χ4n) is 2.64. The lowest BCUT2D eigenvalue weighted by Crippen LogP contribution is -2.53. The van der Waals surface area contributed by atoms with Gasteiger partial charge in [-0.05, 0) is 51.4 Å². The Morgan fingerprint density at radius 1 is 1.19 bits per heavy atom. The maximum Gasteiger partial charge on any atom is 0.407 e. The van der Waals surface area contributed by atoms with Gasteiger partial charge < -0.3 is 15.4 Å². The molecule has 0 aliphatic heterocycles. The summed E-state index contributed by atoms with van der Waals surface area (Å²) in [5.41, 5.74) is -0.441. The molecule has 1 rings (SSSR count). The molecular weight excluding hydrogens is 264 g/mol. The highest BCUT2D eigenvalue weighted by molar-refractivity contribution is 5.67. The number of hydrogen-bond acceptors (Lipinski definition) is 3. The van der Waals surface area contributed by atoms with Crippen LogP contribution in [-0.2, 0) is 4.74 Å². The van der Waals surface area contributed by atoms with Gasteiger partial charge >= 0.3 is 6.09 Å². The molecule has 21 heavy (non-hydrogen) atoms. The van der Waals surface area contributed by atoms with Gasteiger partial charge in [0.05, 0.1) is 0 Å². The fraction of sp³-hybridized carbons (Fsp3) is 0.941. The molecule has 1 atom stereocenters. The van der Waals surface area contributed by atoms with E-state index < -0.39 is 5.60 Å². The topological polar surface area (TPSA) is 50.4 Å². The Balaban J connectivity index is 2.33. The Hall–Kier alpha value is -0.770. The molecule has 0 aromatic rings. The first kappa shape index (κ1) is 18.3. The zero-order chi connectivity index (χ0) is 16.2. The van der Waals surface area contributed by atoms with Gasteiger partial charge in [-0.3, -0.25) is 0 Å². The molecule has 0 aromatic carbocycles. The van der Waals surface area contributed by atoms with Gasteiger partial charge in [-0.15, -0.1) is 0 Å². The van der Waals surface area contributed by atoms with E-state index in [1.165, 1.54) is 12.8 Å². The minimum Gasteiger partial charge on any atom is -0.444 e. The summed E-state index contributed by atoms with van der Waals surface area (Å²) in [5.74, 6) is 2.12. The van der Waals surface area contributed by atoms with Crippen LogP contribution >= 0.6 is 0 Å². The van der Waals surface area contributed by atoms with Gasteiger partial charge in [-0.25, -0.2) is 4.79 Å². The molecular formula is C17H34N2O2. The van der Waals surface area contributed by atoms with Crippen LogP contribution in [0.3, 0.4) is 0 Å². The molecule has 1 unspecified atom stereocenters. The van der Waals surface area contributed by atoms with Crippen molar-refractivity contribution >= 4 is 6.09 Å². The molecule has 1 saturated carbocycles. The highest BCUT2D eigenvalue weighted by atomic mass is 16.6. The van der Waals surface area contributed by atoms with E-state index >= 15 is 0 Å². The van der Waals surface area contributed by atoms with Crippen molar-refractivity contribution in [3.8, 4) is 0 Å². The summed E-state index contributed by atoms with van der Waals surface area (Å²) < 4.78 is 5.28. The fourth-order valence-corrected chi connectivity index (χ4v) is 2.64. The molecule has 0 saturated heterocycles. The molecule has 0 aromatic heterocycles. The summed E-state index contributed by atoms with van der Waals surface area (Å²) in [7, 11) is 0. The van der Waals surface area contributed by atoms with Crippen LogP contribution in [-0.4, -0.2) is 30.3 Å². The van der Waals surface area contributed by atoms with Crippen molar-refractivity contribution in [1.82, 2.24) is 10.6 Å². The molecule has 4 nitrogen and oxygen atoms in total. The number of nitrogens with one attached hydrogen (secondary N) is 2. The highest BCUT2D eigenvalue weighted by Crippen LogP contribution is 2.34. The van der Waals surface area contributed by atoms with Crippen molar-refractivity contribution < 1.29 is 9.53 Å². The molecule has 1 aliphatic rings. The largest absolute Gasteiger partial charge is 0.444 e. The highest BCUT2D eigenvalue weighted by Gasteiger charge is 2.33. The van der Waals surface area contributed by atoms with Crippen LogP contribution in [0, 0.1) is 17.8 Å². The number of alkyl carbamates (subject to hydrolysis) is 1. The van der Waals surface area contributed by atoms with E-state index in [4.69, 9.17) is 4.74 Å². The quantitative estimate of drug-likeness (QED) is 0.788. The smallest absolute Gasteiger partial charge is 0.407 e. The van der Waals surface area contributed by atoms with E-state index in [9.17, 15) is 4.79 Å². The lowest BCUT2D eigenvalue weighted by atomic mass is 9.73. The van der Waals surface area contributed by atoms with E-state index in [-0.39, 0.29) is 6.09 Å². The molecule has 0 radical (unpaired) electrons. The zero-order valence-electron chi connectivity index (χ0n) is 14.8. The Morgan fingerprint density at radius 3 is 2.19 bits per heavy atom. The second-order valence-corrected chi connectivity index (χ2v) is 8.07. The van der Waals surface area contributed by atoms with E-state index in [2.05, 4.69) is 38.3 Å². The summed E-state index contributed by atoms with van der Waals surface area (Å²) >= 11 is 0. The SMILES string of the molecule is CC(C)C1CC(NC(CNC(=O)OC(C)(C)C)C(C)C)C1. The zero-order valence-corrected chi connectivity index (χ0v) is 14.8. The maximum atomic E-state index is 11.7. The van der Waals surface area contributed by atoms with Crippen molar-refractivity contribution in [2.24, 2.45) is 17.8 Å². The van der Waals surface area contributed by atoms with Crippen LogP contribution in [0.1, 0.15) is 61.3 Å². The summed E-state index contributed by atoms with van der Waals surface area (Å²) in [5, 5.41) is 6.57. The summed E-state index contributed by atoms with van der Waals surface area (Å²) in [4.78, 5) is 11.7. The van der Waals surface area contributed by atoms with Crippen LogP contribution in [0.5, 0.6) is 0 Å². The molecule has 124 valence electrons. The predicted molar refractivity (Wildman–Crippen MR) is 87.3 cm³/mol. The molecule has 0 spiro atoms. The summed E-state index contributed by atoms with van der Waals surface area (Å²) in [6.07, 6.45) is 2.18. The lowest BCUT2D eigenvalue weighted by molar-refractivity contribution is 0.0513. The van der Waals surface area contributed by atoms with Gasteiger partial charge in [0.2, 0.25) is 0 Å². The molecule has 0 heterocycles. The molecule has 4 heteroatoms. The predicted octanol–water partition coefficient (Wildman–Crippen LogP) is 3.56. The third kappa shape index (κ3) is 6.68. The van der Waals surface area contributed by atoms with Gasteiger partial charge in [0, 0.05) is 18.6 Å². The van der Waals surface area contributed by atoms with Crippen molar-refractivity contribution in [1.29, 1.82) is 0 Å². The van der Waals surface area contributed by atoms with Gasteiger partial charge in [0.25, 0.3) is 0 Å². The Labute approximate surface area is 130 Å². The summed E-state index contributed by atoms with van der Waals surface area (Å²) in [6.45, 7) is 15.2. The number of rotatable bonds is 6. The van der Waals surface area contributed by atoms with E-state index in [1.807, 2.05) is 20.8 Å². The number of carbonyl (C=O) groups excluding carboxylic acids is 1. The summed E-state index contributed by atoms with van der Waals surface area (Å²) in [6, 6.07) is 0.904. The molecule has 2 N–H and O–H groups in total. The first-order valence-corrected chi connectivity index (χ1v) is 8.31. The van der Waals surface area contributed by atoms with E-state index in [1.54, 1.807) is 0 Å². The molecule has 1 amide bonds. The number of ether oxygens (including phenoxy) is 1. The second kappa shape index (κ2) is 7.48. The van der Waals surface area contributed by atoms with Crippen LogP contribution in [0.4, 0.5) is 4.79 Å². The molecule has 0 bridgehead atoms. The lowest BCUT2D eigenvalue weighted by Gasteiger charge is -2.41.